The summed E-state index contributed by atoms with van der Waals surface area (Å²) in [6.07, 6.45) is 0. The maximum atomic E-state index is 13.2. The molecule has 0 atom stereocenters. The number of aliphatic hydroxyl groups is 1. The lowest BCUT2D eigenvalue weighted by Gasteiger charge is -2.16. The van der Waals surface area contributed by atoms with E-state index in [2.05, 4.69) is 10.1 Å². The zero-order valence-electron chi connectivity index (χ0n) is 12.7. The van der Waals surface area contributed by atoms with E-state index in [1.54, 1.807) is 12.1 Å². The number of hydrogen-bond donors (Lipinski definition) is 1. The van der Waals surface area contributed by atoms with Crippen LogP contribution in [0.2, 0.25) is 0 Å². The molecular formula is C17H17FN2O2. The van der Waals surface area contributed by atoms with E-state index in [4.69, 9.17) is 4.52 Å². The normalized spacial score (nSPS) is 11.5. The minimum Gasteiger partial charge on any atom is -0.392 e. The van der Waals surface area contributed by atoms with Crippen LogP contribution in [-0.4, -0.2) is 15.2 Å². The highest BCUT2D eigenvalue weighted by molar-refractivity contribution is 5.95. The molecule has 0 aliphatic rings. The summed E-state index contributed by atoms with van der Waals surface area (Å²) < 4.78 is 18.5. The molecule has 1 N–H and O–H groups in total. The van der Waals surface area contributed by atoms with Gasteiger partial charge in [0.1, 0.15) is 5.82 Å². The van der Waals surface area contributed by atoms with Crippen LogP contribution >= 0.6 is 0 Å². The number of aromatic nitrogens is 2. The third kappa shape index (κ3) is 2.27. The number of aryl methyl sites for hydroxylation is 1. The monoisotopic (exact) mass is 300 g/mol. The van der Waals surface area contributed by atoms with Gasteiger partial charge >= 0.3 is 0 Å². The van der Waals surface area contributed by atoms with E-state index in [1.807, 2.05) is 20.8 Å². The third-order valence-electron chi connectivity index (χ3n) is 3.77. The molecule has 2 heterocycles. The largest absolute Gasteiger partial charge is 0.392 e. The van der Waals surface area contributed by atoms with Gasteiger partial charge < -0.3 is 9.63 Å². The van der Waals surface area contributed by atoms with Crippen molar-refractivity contribution in [3.05, 3.63) is 47.0 Å². The Morgan fingerprint density at radius 2 is 1.91 bits per heavy atom. The molecule has 114 valence electrons. The zero-order valence-corrected chi connectivity index (χ0v) is 12.7. The number of rotatable bonds is 3. The van der Waals surface area contributed by atoms with E-state index in [9.17, 15) is 9.50 Å². The van der Waals surface area contributed by atoms with Crippen LogP contribution in [0.4, 0.5) is 4.39 Å². The van der Waals surface area contributed by atoms with Crippen LogP contribution in [0.15, 0.2) is 28.8 Å². The predicted octanol–water partition coefficient (Wildman–Crippen LogP) is 3.95. The molecule has 0 saturated heterocycles. The van der Waals surface area contributed by atoms with Gasteiger partial charge in [-0.25, -0.2) is 9.37 Å². The highest BCUT2D eigenvalue weighted by atomic mass is 19.1. The fraction of sp³-hybridized carbons (Fsp3) is 0.294. The Balaban J connectivity index is 2.42. The number of hydrogen-bond acceptors (Lipinski definition) is 4. The molecule has 22 heavy (non-hydrogen) atoms. The Kier molecular flexibility index (Phi) is 3.66. The predicted molar refractivity (Wildman–Crippen MR) is 81.9 cm³/mol. The Morgan fingerprint density at radius 3 is 2.50 bits per heavy atom. The Labute approximate surface area is 127 Å². The van der Waals surface area contributed by atoms with Gasteiger partial charge in [0.2, 0.25) is 0 Å². The van der Waals surface area contributed by atoms with Crippen molar-refractivity contribution < 1.29 is 14.0 Å². The van der Waals surface area contributed by atoms with E-state index in [-0.39, 0.29) is 18.3 Å². The first kappa shape index (κ1) is 14.7. The van der Waals surface area contributed by atoms with Crippen molar-refractivity contribution >= 4 is 11.1 Å². The van der Waals surface area contributed by atoms with Crippen LogP contribution in [0.5, 0.6) is 0 Å². The molecule has 5 heteroatoms. The molecule has 0 radical (unpaired) electrons. The van der Waals surface area contributed by atoms with Gasteiger partial charge in [0.15, 0.2) is 0 Å². The summed E-state index contributed by atoms with van der Waals surface area (Å²) in [5.41, 5.74) is 4.27. The number of aliphatic hydroxyl groups excluding tert-OH is 1. The lowest BCUT2D eigenvalue weighted by molar-refractivity contribution is 0.280. The fourth-order valence-corrected chi connectivity index (χ4v) is 2.75. The van der Waals surface area contributed by atoms with Crippen LogP contribution < -0.4 is 0 Å². The smallest absolute Gasteiger partial charge is 0.258 e. The molecule has 1 aromatic carbocycles. The number of pyridine rings is 1. The SMILES string of the molecule is Cc1noc2nc(C(C)C)c(CO)c(-c3ccc(F)cc3)c12. The van der Waals surface area contributed by atoms with Crippen molar-refractivity contribution in [2.24, 2.45) is 0 Å². The van der Waals surface area contributed by atoms with Crippen molar-refractivity contribution in [2.75, 3.05) is 0 Å². The van der Waals surface area contributed by atoms with Gasteiger partial charge in [-0.15, -0.1) is 0 Å². The lowest BCUT2D eigenvalue weighted by atomic mass is 9.92. The molecule has 4 nitrogen and oxygen atoms in total. The van der Waals surface area contributed by atoms with Gasteiger partial charge in [-0.05, 0) is 30.5 Å². The van der Waals surface area contributed by atoms with Crippen LogP contribution in [0, 0.1) is 12.7 Å². The number of fused-ring (bicyclic) bond motifs is 1. The number of halogens is 1. The van der Waals surface area contributed by atoms with Gasteiger partial charge in [-0.1, -0.05) is 31.1 Å². The van der Waals surface area contributed by atoms with E-state index in [1.165, 1.54) is 12.1 Å². The molecule has 0 saturated carbocycles. The van der Waals surface area contributed by atoms with Gasteiger partial charge in [0.25, 0.3) is 5.71 Å². The molecule has 0 aliphatic carbocycles. The second-order valence-electron chi connectivity index (χ2n) is 5.62. The summed E-state index contributed by atoms with van der Waals surface area (Å²) in [6, 6.07) is 6.20. The quantitative estimate of drug-likeness (QED) is 0.795. The Bertz CT molecular complexity index is 823. The fourth-order valence-electron chi connectivity index (χ4n) is 2.75. The average molecular weight is 300 g/mol. The van der Waals surface area contributed by atoms with Crippen LogP contribution in [0.1, 0.15) is 36.7 Å². The van der Waals surface area contributed by atoms with Gasteiger partial charge in [-0.2, -0.15) is 0 Å². The highest BCUT2D eigenvalue weighted by Crippen LogP contribution is 2.37. The van der Waals surface area contributed by atoms with Gasteiger partial charge in [-0.3, -0.25) is 0 Å². The summed E-state index contributed by atoms with van der Waals surface area (Å²) in [5.74, 6) is -0.179. The molecule has 0 fully saturated rings. The van der Waals surface area contributed by atoms with Crippen LogP contribution in [0.25, 0.3) is 22.2 Å². The van der Waals surface area contributed by atoms with Crippen molar-refractivity contribution in [1.29, 1.82) is 0 Å². The first-order valence-corrected chi connectivity index (χ1v) is 7.18. The summed E-state index contributed by atoms with van der Waals surface area (Å²) >= 11 is 0. The lowest BCUT2D eigenvalue weighted by Crippen LogP contribution is -2.04. The molecule has 3 aromatic rings. The summed E-state index contributed by atoms with van der Waals surface area (Å²) in [6.45, 7) is 5.69. The molecule has 0 spiro atoms. The molecule has 0 unspecified atom stereocenters. The van der Waals surface area contributed by atoms with Crippen molar-refractivity contribution in [1.82, 2.24) is 10.1 Å². The first-order chi connectivity index (χ1) is 10.5. The van der Waals surface area contributed by atoms with Gasteiger partial charge in [0.05, 0.1) is 23.4 Å². The van der Waals surface area contributed by atoms with E-state index in [0.717, 1.165) is 27.8 Å². The molecule has 3 rings (SSSR count). The number of nitrogens with zero attached hydrogens (tertiary/aromatic N) is 2. The minimum atomic E-state index is -0.300. The number of benzene rings is 1. The van der Waals surface area contributed by atoms with E-state index < -0.39 is 0 Å². The van der Waals surface area contributed by atoms with Crippen molar-refractivity contribution in [3.8, 4) is 11.1 Å². The molecule has 0 amide bonds. The first-order valence-electron chi connectivity index (χ1n) is 7.18. The Hall–Kier alpha value is -2.27. The molecule has 0 bridgehead atoms. The summed E-state index contributed by atoms with van der Waals surface area (Å²) in [7, 11) is 0. The summed E-state index contributed by atoms with van der Waals surface area (Å²) in [4.78, 5) is 4.51. The minimum absolute atomic E-state index is 0.121. The van der Waals surface area contributed by atoms with Crippen molar-refractivity contribution in [3.63, 3.8) is 0 Å². The van der Waals surface area contributed by atoms with E-state index in [0.29, 0.717) is 11.4 Å². The second kappa shape index (κ2) is 5.50. The second-order valence-corrected chi connectivity index (χ2v) is 5.62. The zero-order chi connectivity index (χ0) is 15.9. The summed E-state index contributed by atoms with van der Waals surface area (Å²) in [5, 5.41) is 14.6. The average Bonchev–Trinajstić information content (AvgIpc) is 2.87. The maximum absolute atomic E-state index is 13.2. The van der Waals surface area contributed by atoms with Crippen LogP contribution in [-0.2, 0) is 6.61 Å². The van der Waals surface area contributed by atoms with E-state index >= 15 is 0 Å². The molecular weight excluding hydrogens is 283 g/mol. The molecule has 0 aliphatic heterocycles. The highest BCUT2D eigenvalue weighted by Gasteiger charge is 2.22. The maximum Gasteiger partial charge on any atom is 0.258 e. The standard InChI is InChI=1S/C17H17FN2O2/c1-9(2)16-13(8-21)15(11-4-6-12(18)7-5-11)14-10(3)20-22-17(14)19-16/h4-7,9,21H,8H2,1-3H3. The topological polar surface area (TPSA) is 59.2 Å². The van der Waals surface area contributed by atoms with Gasteiger partial charge in [0, 0.05) is 11.1 Å². The molecule has 2 aromatic heterocycles. The van der Waals surface area contributed by atoms with Crippen LogP contribution in [0.3, 0.4) is 0 Å². The van der Waals surface area contributed by atoms with Crippen molar-refractivity contribution in [2.45, 2.75) is 33.3 Å². The third-order valence-corrected chi connectivity index (χ3v) is 3.77. The Morgan fingerprint density at radius 1 is 1.23 bits per heavy atom.